The van der Waals surface area contributed by atoms with Crippen LogP contribution in [-0.4, -0.2) is 33.1 Å². The molecule has 0 aliphatic heterocycles. The van der Waals surface area contributed by atoms with Gasteiger partial charge in [-0.15, -0.1) is 11.3 Å². The number of carbonyl (C=O) groups excluding carboxylic acids is 2. The van der Waals surface area contributed by atoms with E-state index in [4.69, 9.17) is 0 Å². The van der Waals surface area contributed by atoms with Crippen LogP contribution in [0.2, 0.25) is 9.88 Å². The van der Waals surface area contributed by atoms with Crippen molar-refractivity contribution in [3.05, 3.63) is 21.9 Å². The van der Waals surface area contributed by atoms with Crippen LogP contribution in [0.5, 0.6) is 0 Å². The maximum absolute atomic E-state index is 10.1. The van der Waals surface area contributed by atoms with Gasteiger partial charge in [-0.2, -0.15) is 0 Å². The van der Waals surface area contributed by atoms with Crippen LogP contribution >= 0.6 is 11.3 Å². The van der Waals surface area contributed by atoms with Crippen LogP contribution in [0.3, 0.4) is 0 Å². The Balaban J connectivity index is 0.000000500. The predicted molar refractivity (Wildman–Crippen MR) is 50.5 cm³/mol. The van der Waals surface area contributed by atoms with Crippen molar-refractivity contribution in [3.8, 4) is 0 Å². The van der Waals surface area contributed by atoms with Crippen molar-refractivity contribution in [1.82, 2.24) is 0 Å². The number of carboxylic acids is 2. The van der Waals surface area contributed by atoms with E-state index in [0.29, 0.717) is 11.3 Å². The fraction of sp³-hybridized carbons (Fsp3) is 0.250. The van der Waals surface area contributed by atoms with Crippen molar-refractivity contribution in [1.29, 1.82) is 0 Å². The minimum absolute atomic E-state index is 0.107. The molecular weight excluding hydrogens is 311 g/mol. The molecule has 0 fully saturated rings. The van der Waals surface area contributed by atoms with Gasteiger partial charge in [0, 0.05) is 0 Å². The van der Waals surface area contributed by atoms with E-state index in [0.717, 1.165) is 0 Å². The van der Waals surface area contributed by atoms with Crippen LogP contribution in [0.4, 0.5) is 0 Å². The normalized spacial score (nSPS) is 8.14. The Morgan fingerprint density at radius 3 is 1.57 bits per heavy atom. The Hall–Kier alpha value is -0.561. The van der Waals surface area contributed by atoms with Gasteiger partial charge >= 0.3 is 31.0 Å². The minimum atomic E-state index is -1.37. The number of carboxylic acid groups (broad SMARTS) is 2. The summed E-state index contributed by atoms with van der Waals surface area (Å²) in [5.74, 6) is -2.75. The molecule has 0 unspecified atom stereocenters. The molecule has 4 nitrogen and oxygen atoms in total. The number of hydrogen-bond acceptors (Lipinski definition) is 5. The first kappa shape index (κ1) is 13.4. The first-order chi connectivity index (χ1) is 6.52. The average Bonchev–Trinajstić information content (AvgIpc) is 2.53. The molecule has 74 valence electrons. The van der Waals surface area contributed by atoms with Crippen molar-refractivity contribution < 1.29 is 19.8 Å². The van der Waals surface area contributed by atoms with Crippen molar-refractivity contribution >= 4 is 44.4 Å². The molecule has 1 aromatic rings. The van der Waals surface area contributed by atoms with Crippen molar-refractivity contribution in [2.75, 3.05) is 0 Å². The summed E-state index contributed by atoms with van der Waals surface area (Å²) >= 11 is 0.855. The first-order valence-electron chi connectivity index (χ1n) is 3.64. The SMILES string of the molecule is O=C([O-])c1ccc(C(=O)[O-])s1.[CH3][Sn+2][CH3]. The van der Waals surface area contributed by atoms with Gasteiger partial charge in [-0.3, -0.25) is 0 Å². The number of rotatable bonds is 2. The Bertz CT molecular complexity index is 292. The number of thiophene rings is 1. The molecule has 0 saturated carbocycles. The summed E-state index contributed by atoms with van der Waals surface area (Å²) in [7, 11) is 0. The van der Waals surface area contributed by atoms with E-state index in [1.165, 1.54) is 12.1 Å². The summed E-state index contributed by atoms with van der Waals surface area (Å²) in [4.78, 5) is 24.6. The fourth-order valence-corrected chi connectivity index (χ4v) is 1.23. The molecule has 0 atom stereocenters. The second-order valence-electron chi connectivity index (χ2n) is 2.24. The van der Waals surface area contributed by atoms with Gasteiger partial charge < -0.3 is 19.8 Å². The van der Waals surface area contributed by atoms with E-state index in [2.05, 4.69) is 9.88 Å². The first-order valence-corrected chi connectivity index (χ1v) is 10.2. The Kier molecular flexibility index (Phi) is 6.55. The number of aromatic carboxylic acids is 2. The molecular formula is C8H8O4SSn. The topological polar surface area (TPSA) is 80.3 Å². The quantitative estimate of drug-likeness (QED) is 0.673. The molecule has 14 heavy (non-hydrogen) atoms. The Morgan fingerprint density at radius 2 is 1.43 bits per heavy atom. The van der Waals surface area contributed by atoms with Crippen molar-refractivity contribution in [2.24, 2.45) is 0 Å². The van der Waals surface area contributed by atoms with Crippen molar-refractivity contribution in [2.45, 2.75) is 9.88 Å². The molecule has 0 amide bonds. The van der Waals surface area contributed by atoms with E-state index in [1.54, 1.807) is 0 Å². The predicted octanol–water partition coefficient (Wildman–Crippen LogP) is -0.738. The second kappa shape index (κ2) is 6.83. The molecule has 0 bridgehead atoms. The van der Waals surface area contributed by atoms with E-state index < -0.39 is 11.9 Å². The Labute approximate surface area is 95.8 Å². The van der Waals surface area contributed by atoms with Crippen LogP contribution < -0.4 is 10.2 Å². The van der Waals surface area contributed by atoms with Gasteiger partial charge in [0.1, 0.15) is 0 Å². The summed E-state index contributed by atoms with van der Waals surface area (Å²) < 4.78 is 0. The van der Waals surface area contributed by atoms with Gasteiger partial charge in [0.2, 0.25) is 0 Å². The van der Waals surface area contributed by atoms with Gasteiger partial charge in [0.25, 0.3) is 0 Å². The zero-order valence-electron chi connectivity index (χ0n) is 7.70. The van der Waals surface area contributed by atoms with Gasteiger partial charge in [-0.05, 0) is 12.1 Å². The van der Waals surface area contributed by atoms with Gasteiger partial charge in [-0.1, -0.05) is 0 Å². The van der Waals surface area contributed by atoms with E-state index in [9.17, 15) is 19.8 Å². The third-order valence-electron chi connectivity index (χ3n) is 1.01. The van der Waals surface area contributed by atoms with Crippen LogP contribution in [0.25, 0.3) is 0 Å². The van der Waals surface area contributed by atoms with Crippen LogP contribution in [0, 0.1) is 0 Å². The van der Waals surface area contributed by atoms with Crippen molar-refractivity contribution in [3.63, 3.8) is 0 Å². The number of carbonyl (C=O) groups is 2. The van der Waals surface area contributed by atoms with Gasteiger partial charge in [0.15, 0.2) is 0 Å². The molecule has 1 rings (SSSR count). The molecule has 1 heterocycles. The second-order valence-corrected chi connectivity index (χ2v) is 6.18. The molecule has 0 aromatic carbocycles. The zero-order chi connectivity index (χ0) is 11.1. The molecule has 0 radical (unpaired) electrons. The summed E-state index contributed by atoms with van der Waals surface area (Å²) in [6, 6.07) is 2.34. The summed E-state index contributed by atoms with van der Waals surface area (Å²) in [5.41, 5.74) is 0. The van der Waals surface area contributed by atoms with Crippen LogP contribution in [-0.2, 0) is 0 Å². The molecule has 0 spiro atoms. The fourth-order valence-electron chi connectivity index (χ4n) is 0.557. The number of hydrogen-bond donors (Lipinski definition) is 0. The van der Waals surface area contributed by atoms with E-state index >= 15 is 0 Å². The molecule has 0 saturated heterocycles. The van der Waals surface area contributed by atoms with Crippen LogP contribution in [0.15, 0.2) is 12.1 Å². The summed E-state index contributed by atoms with van der Waals surface area (Å²) in [6.45, 7) is 0. The van der Waals surface area contributed by atoms with E-state index in [1.807, 2.05) is 0 Å². The summed E-state index contributed by atoms with van der Waals surface area (Å²) in [6.07, 6.45) is 0. The maximum atomic E-state index is 10.1. The molecule has 0 aliphatic rings. The molecule has 0 aliphatic carbocycles. The zero-order valence-corrected chi connectivity index (χ0v) is 11.4. The molecule has 0 N–H and O–H groups in total. The molecule has 1 aromatic heterocycles. The third-order valence-corrected chi connectivity index (χ3v) is 2.05. The van der Waals surface area contributed by atoms with Gasteiger partial charge in [-0.25, -0.2) is 0 Å². The third kappa shape index (κ3) is 4.61. The van der Waals surface area contributed by atoms with Crippen LogP contribution in [0.1, 0.15) is 19.3 Å². The summed E-state index contributed by atoms with van der Waals surface area (Å²) in [5, 5.41) is 20.2. The standard InChI is InChI=1S/C6H4O4S.2CH3.Sn/c7-5(8)3-1-2-4(11-3)6(9)10;;;/h1-2H,(H,7,8)(H,9,10);2*1H3;/q;;;+2/p-2. The molecule has 6 heteroatoms. The van der Waals surface area contributed by atoms with Gasteiger partial charge in [0.05, 0.1) is 21.7 Å². The monoisotopic (exact) mass is 320 g/mol. The van der Waals surface area contributed by atoms with E-state index in [-0.39, 0.29) is 30.9 Å². The average molecular weight is 319 g/mol. The Morgan fingerprint density at radius 1 is 1.14 bits per heavy atom.